The SMILES string of the molecule is O=C(NCCc1ccccc1OC(F)F)N1CCOCC(C2CCC2)C1. The second-order valence-electron chi connectivity index (χ2n) is 6.94. The summed E-state index contributed by atoms with van der Waals surface area (Å²) in [5, 5.41) is 2.89. The molecule has 2 aliphatic rings. The van der Waals surface area contributed by atoms with Crippen LogP contribution in [-0.4, -0.2) is 50.4 Å². The molecule has 0 spiro atoms. The van der Waals surface area contributed by atoms with E-state index >= 15 is 0 Å². The lowest BCUT2D eigenvalue weighted by Gasteiger charge is -2.34. The molecule has 1 aromatic rings. The van der Waals surface area contributed by atoms with E-state index in [1.165, 1.54) is 25.3 Å². The molecule has 1 N–H and O–H groups in total. The number of carbonyl (C=O) groups excluding carboxylic acids is 1. The number of carbonyl (C=O) groups is 1. The van der Waals surface area contributed by atoms with Crippen LogP contribution in [0.1, 0.15) is 24.8 Å². The second kappa shape index (κ2) is 9.16. The molecule has 1 heterocycles. The number of hydrogen-bond donors (Lipinski definition) is 1. The Morgan fingerprint density at radius 1 is 1.31 bits per heavy atom. The molecule has 2 amide bonds. The number of benzene rings is 1. The van der Waals surface area contributed by atoms with Crippen molar-refractivity contribution in [2.75, 3.05) is 32.8 Å². The minimum Gasteiger partial charge on any atom is -0.435 e. The molecule has 3 rings (SSSR count). The Morgan fingerprint density at radius 3 is 2.85 bits per heavy atom. The maximum atomic E-state index is 12.5. The van der Waals surface area contributed by atoms with Gasteiger partial charge in [-0.15, -0.1) is 0 Å². The highest BCUT2D eigenvalue weighted by atomic mass is 19.3. The van der Waals surface area contributed by atoms with Gasteiger partial charge in [-0.25, -0.2) is 4.79 Å². The summed E-state index contributed by atoms with van der Waals surface area (Å²) >= 11 is 0. The molecule has 0 radical (unpaired) electrons. The van der Waals surface area contributed by atoms with Crippen molar-refractivity contribution in [3.05, 3.63) is 29.8 Å². The number of hydrogen-bond acceptors (Lipinski definition) is 3. The summed E-state index contributed by atoms with van der Waals surface area (Å²) < 4.78 is 35.1. The number of halogens is 2. The normalized spacial score (nSPS) is 21.2. The van der Waals surface area contributed by atoms with Crippen LogP contribution in [-0.2, 0) is 11.2 Å². The fourth-order valence-electron chi connectivity index (χ4n) is 3.55. The van der Waals surface area contributed by atoms with E-state index < -0.39 is 6.61 Å². The molecule has 1 saturated carbocycles. The largest absolute Gasteiger partial charge is 0.435 e. The van der Waals surface area contributed by atoms with Crippen LogP contribution < -0.4 is 10.1 Å². The summed E-state index contributed by atoms with van der Waals surface area (Å²) in [6, 6.07) is 6.55. The van der Waals surface area contributed by atoms with Gasteiger partial charge in [0.2, 0.25) is 0 Å². The van der Waals surface area contributed by atoms with Crippen molar-refractivity contribution >= 4 is 6.03 Å². The van der Waals surface area contributed by atoms with Crippen molar-refractivity contribution < 1.29 is 23.0 Å². The number of ether oxygens (including phenoxy) is 2. The van der Waals surface area contributed by atoms with Gasteiger partial charge in [0, 0.05) is 25.6 Å². The average molecular weight is 368 g/mol. The van der Waals surface area contributed by atoms with Gasteiger partial charge in [0.05, 0.1) is 13.2 Å². The number of alkyl halides is 2. The van der Waals surface area contributed by atoms with Crippen LogP contribution >= 0.6 is 0 Å². The molecule has 144 valence electrons. The fourth-order valence-corrected chi connectivity index (χ4v) is 3.55. The van der Waals surface area contributed by atoms with E-state index in [1.807, 2.05) is 4.90 Å². The molecule has 26 heavy (non-hydrogen) atoms. The number of nitrogens with one attached hydrogen (secondary N) is 1. The minimum atomic E-state index is -2.86. The summed E-state index contributed by atoms with van der Waals surface area (Å²) in [5.74, 6) is 1.24. The molecule has 7 heteroatoms. The number of urea groups is 1. The molecule has 5 nitrogen and oxygen atoms in total. The molecule has 1 aliphatic heterocycles. The topological polar surface area (TPSA) is 50.8 Å². The van der Waals surface area contributed by atoms with Gasteiger partial charge in [-0.05, 0) is 24.0 Å². The summed E-state index contributed by atoms with van der Waals surface area (Å²) in [6.45, 7) is 0.107. The first kappa shape index (κ1) is 18.9. The van der Waals surface area contributed by atoms with Crippen LogP contribution in [0.25, 0.3) is 0 Å². The zero-order chi connectivity index (χ0) is 18.4. The molecule has 1 saturated heterocycles. The van der Waals surface area contributed by atoms with E-state index in [-0.39, 0.29) is 11.8 Å². The number of amides is 2. The molecule has 1 aromatic carbocycles. The highest BCUT2D eigenvalue weighted by Crippen LogP contribution is 2.34. The smallest absolute Gasteiger partial charge is 0.387 e. The third kappa shape index (κ3) is 5.06. The van der Waals surface area contributed by atoms with Gasteiger partial charge in [0.1, 0.15) is 5.75 Å². The van der Waals surface area contributed by atoms with Gasteiger partial charge in [-0.3, -0.25) is 0 Å². The van der Waals surface area contributed by atoms with Crippen LogP contribution in [0.4, 0.5) is 13.6 Å². The van der Waals surface area contributed by atoms with E-state index in [0.29, 0.717) is 43.5 Å². The standard InChI is InChI=1S/C19H26F2N2O3/c20-18(21)26-17-7-2-1-4-15(17)8-9-22-19(24)23-10-11-25-13-16(12-23)14-5-3-6-14/h1-2,4,7,14,16,18H,3,5-6,8-13H2,(H,22,24). The van der Waals surface area contributed by atoms with Crippen molar-refractivity contribution in [1.29, 1.82) is 0 Å². The van der Waals surface area contributed by atoms with Crippen molar-refractivity contribution in [3.8, 4) is 5.75 Å². The van der Waals surface area contributed by atoms with E-state index in [1.54, 1.807) is 18.2 Å². The molecule has 0 bridgehead atoms. The second-order valence-corrected chi connectivity index (χ2v) is 6.94. The van der Waals surface area contributed by atoms with Crippen LogP contribution in [0.15, 0.2) is 24.3 Å². The van der Waals surface area contributed by atoms with Crippen molar-refractivity contribution in [3.63, 3.8) is 0 Å². The lowest BCUT2D eigenvalue weighted by molar-refractivity contribution is -0.0504. The molecule has 1 aliphatic carbocycles. The van der Waals surface area contributed by atoms with Crippen LogP contribution in [0.5, 0.6) is 5.75 Å². The highest BCUT2D eigenvalue weighted by Gasteiger charge is 2.31. The van der Waals surface area contributed by atoms with E-state index in [4.69, 9.17) is 4.74 Å². The average Bonchev–Trinajstić information content (AvgIpc) is 2.80. The van der Waals surface area contributed by atoms with E-state index in [0.717, 1.165) is 13.2 Å². The van der Waals surface area contributed by atoms with E-state index in [9.17, 15) is 13.6 Å². The lowest BCUT2D eigenvalue weighted by Crippen LogP contribution is -2.45. The first-order valence-corrected chi connectivity index (χ1v) is 9.26. The summed E-state index contributed by atoms with van der Waals surface area (Å²) in [6.07, 6.45) is 4.16. The number of para-hydroxylation sites is 1. The van der Waals surface area contributed by atoms with Gasteiger partial charge in [-0.2, -0.15) is 8.78 Å². The van der Waals surface area contributed by atoms with Gasteiger partial charge in [0.25, 0.3) is 0 Å². The highest BCUT2D eigenvalue weighted by molar-refractivity contribution is 5.74. The summed E-state index contributed by atoms with van der Waals surface area (Å²) in [7, 11) is 0. The Balaban J connectivity index is 1.49. The molecule has 1 atom stereocenters. The first-order chi connectivity index (χ1) is 12.6. The van der Waals surface area contributed by atoms with Crippen LogP contribution in [0.2, 0.25) is 0 Å². The first-order valence-electron chi connectivity index (χ1n) is 9.26. The van der Waals surface area contributed by atoms with Gasteiger partial charge in [0.15, 0.2) is 0 Å². The lowest BCUT2D eigenvalue weighted by atomic mass is 9.76. The maximum absolute atomic E-state index is 12.5. The summed E-state index contributed by atoms with van der Waals surface area (Å²) in [5.41, 5.74) is 0.652. The molecule has 2 fully saturated rings. The minimum absolute atomic E-state index is 0.118. The molecular weight excluding hydrogens is 342 g/mol. The van der Waals surface area contributed by atoms with Crippen molar-refractivity contribution in [2.24, 2.45) is 11.8 Å². The zero-order valence-electron chi connectivity index (χ0n) is 14.8. The predicted molar refractivity (Wildman–Crippen MR) is 93.4 cm³/mol. The zero-order valence-corrected chi connectivity index (χ0v) is 14.8. The summed E-state index contributed by atoms with van der Waals surface area (Å²) in [4.78, 5) is 14.3. The van der Waals surface area contributed by atoms with Crippen LogP contribution in [0, 0.1) is 11.8 Å². The van der Waals surface area contributed by atoms with Crippen molar-refractivity contribution in [1.82, 2.24) is 10.2 Å². The quantitative estimate of drug-likeness (QED) is 0.838. The van der Waals surface area contributed by atoms with Gasteiger partial charge in [-0.1, -0.05) is 37.5 Å². The fraction of sp³-hybridized carbons (Fsp3) is 0.632. The predicted octanol–water partition coefficient (Wildman–Crippen LogP) is 3.29. The Morgan fingerprint density at radius 2 is 2.12 bits per heavy atom. The maximum Gasteiger partial charge on any atom is 0.387 e. The monoisotopic (exact) mass is 368 g/mol. The molecule has 0 aromatic heterocycles. The molecular formula is C19H26F2N2O3. The van der Waals surface area contributed by atoms with Crippen LogP contribution in [0.3, 0.4) is 0 Å². The van der Waals surface area contributed by atoms with Gasteiger partial charge >= 0.3 is 12.6 Å². The van der Waals surface area contributed by atoms with E-state index in [2.05, 4.69) is 10.1 Å². The third-order valence-corrected chi connectivity index (χ3v) is 5.26. The third-order valence-electron chi connectivity index (χ3n) is 5.26. The number of rotatable bonds is 6. The number of nitrogens with zero attached hydrogens (tertiary/aromatic N) is 1. The Kier molecular flexibility index (Phi) is 6.66. The van der Waals surface area contributed by atoms with Gasteiger partial charge < -0.3 is 19.7 Å². The Bertz CT molecular complexity index is 596. The van der Waals surface area contributed by atoms with Crippen molar-refractivity contribution in [2.45, 2.75) is 32.3 Å². The Hall–Kier alpha value is -1.89. The molecule has 1 unspecified atom stereocenters. The Labute approximate surface area is 152 Å².